The number of amides is 1. The number of nitrogens with zero attached hydrogens (tertiary/aromatic N) is 1. The number of anilines is 1. The highest BCUT2D eigenvalue weighted by atomic mass is 16.4. The van der Waals surface area contributed by atoms with Crippen molar-refractivity contribution in [1.82, 2.24) is 15.0 Å². The molecule has 9 nitrogen and oxygen atoms in total. The minimum absolute atomic E-state index is 0.0176. The zero-order valence-corrected chi connectivity index (χ0v) is 9.84. The smallest absolute Gasteiger partial charge is 0.335 e. The van der Waals surface area contributed by atoms with Crippen molar-refractivity contribution in [3.63, 3.8) is 0 Å². The first-order chi connectivity index (χ1) is 9.45. The molecule has 0 unspecified atom stereocenters. The number of pyridine rings is 1. The molecular weight excluding hydrogens is 268 g/mol. The highest BCUT2D eigenvalue weighted by Gasteiger charge is 2.10. The fourth-order valence-electron chi connectivity index (χ4n) is 1.41. The van der Waals surface area contributed by atoms with Crippen LogP contribution in [0, 0.1) is 0 Å². The average molecular weight is 276 g/mol. The number of H-pyrrole nitrogens is 2. The van der Waals surface area contributed by atoms with E-state index >= 15 is 0 Å². The number of carbonyl (C=O) groups is 2. The Bertz CT molecular complexity index is 763. The van der Waals surface area contributed by atoms with Crippen molar-refractivity contribution in [3.05, 3.63) is 56.5 Å². The number of carboxylic acid groups (broad SMARTS) is 1. The quantitative estimate of drug-likeness (QED) is 0.589. The Morgan fingerprint density at radius 3 is 2.60 bits per heavy atom. The highest BCUT2D eigenvalue weighted by molar-refractivity contribution is 6.02. The minimum atomic E-state index is -1.17. The molecule has 0 aromatic carbocycles. The summed E-state index contributed by atoms with van der Waals surface area (Å²) in [6, 6.07) is 3.30. The first-order valence-electron chi connectivity index (χ1n) is 5.30. The van der Waals surface area contributed by atoms with Gasteiger partial charge in [0.2, 0.25) is 0 Å². The maximum Gasteiger partial charge on any atom is 0.335 e. The third-order valence-electron chi connectivity index (χ3n) is 2.25. The van der Waals surface area contributed by atoms with E-state index in [4.69, 9.17) is 5.11 Å². The zero-order valence-electron chi connectivity index (χ0n) is 9.84. The van der Waals surface area contributed by atoms with E-state index in [-0.39, 0.29) is 17.1 Å². The molecule has 20 heavy (non-hydrogen) atoms. The van der Waals surface area contributed by atoms with Crippen LogP contribution in [0.4, 0.5) is 5.82 Å². The summed E-state index contributed by atoms with van der Waals surface area (Å²) in [6.07, 6.45) is 1.21. The van der Waals surface area contributed by atoms with Crippen LogP contribution in [0.25, 0.3) is 0 Å². The van der Waals surface area contributed by atoms with Gasteiger partial charge >= 0.3 is 11.7 Å². The Kier molecular flexibility index (Phi) is 3.42. The fraction of sp³-hybridized carbons (Fsp3) is 0. The summed E-state index contributed by atoms with van der Waals surface area (Å²) in [6.45, 7) is 0. The van der Waals surface area contributed by atoms with E-state index < -0.39 is 23.1 Å². The van der Waals surface area contributed by atoms with Gasteiger partial charge in [0.1, 0.15) is 11.5 Å². The standard InChI is InChI=1S/C11H8N4O5/c16-8-4-6(13-11(20)15-8)9(17)14-7-3-5(10(18)19)1-2-12-7/h1-4H,(H,18,19)(H,12,14,17)(H2,13,15,16,20). The van der Waals surface area contributed by atoms with E-state index in [2.05, 4.69) is 15.3 Å². The fourth-order valence-corrected chi connectivity index (χ4v) is 1.41. The van der Waals surface area contributed by atoms with Crippen LogP contribution in [0.1, 0.15) is 20.8 Å². The van der Waals surface area contributed by atoms with Crippen molar-refractivity contribution in [2.45, 2.75) is 0 Å². The first kappa shape index (κ1) is 13.2. The molecule has 2 heterocycles. The SMILES string of the molecule is O=C(O)c1ccnc(NC(=O)c2cc(=O)[nH]c(=O)[nH]2)c1. The normalized spacial score (nSPS) is 10.0. The monoisotopic (exact) mass is 276 g/mol. The molecule has 1 amide bonds. The number of carbonyl (C=O) groups excluding carboxylic acids is 1. The average Bonchev–Trinajstić information content (AvgIpc) is 2.37. The van der Waals surface area contributed by atoms with Gasteiger partial charge in [-0.25, -0.2) is 14.6 Å². The second-order valence-corrected chi connectivity index (χ2v) is 3.69. The van der Waals surface area contributed by atoms with Crippen LogP contribution in [-0.4, -0.2) is 31.9 Å². The Hall–Kier alpha value is -3.23. The summed E-state index contributed by atoms with van der Waals surface area (Å²) in [5, 5.41) is 11.1. The number of hydrogen-bond donors (Lipinski definition) is 4. The van der Waals surface area contributed by atoms with Crippen molar-refractivity contribution in [3.8, 4) is 0 Å². The molecule has 2 aromatic rings. The van der Waals surface area contributed by atoms with Gasteiger partial charge in [-0.15, -0.1) is 0 Å². The number of carboxylic acids is 1. The third-order valence-corrected chi connectivity index (χ3v) is 2.25. The Balaban J connectivity index is 2.27. The second-order valence-electron chi connectivity index (χ2n) is 3.69. The second kappa shape index (κ2) is 5.18. The number of nitrogens with one attached hydrogen (secondary N) is 3. The van der Waals surface area contributed by atoms with Crippen LogP contribution in [-0.2, 0) is 0 Å². The highest BCUT2D eigenvalue weighted by Crippen LogP contribution is 2.07. The third kappa shape index (κ3) is 2.96. The molecule has 102 valence electrons. The van der Waals surface area contributed by atoms with Gasteiger partial charge in [0, 0.05) is 12.3 Å². The molecule has 2 aromatic heterocycles. The Labute approximate surface area is 110 Å². The molecule has 0 radical (unpaired) electrons. The van der Waals surface area contributed by atoms with E-state index in [1.807, 2.05) is 4.98 Å². The lowest BCUT2D eigenvalue weighted by Crippen LogP contribution is -2.27. The molecule has 0 aliphatic rings. The first-order valence-corrected chi connectivity index (χ1v) is 5.30. The van der Waals surface area contributed by atoms with Crippen molar-refractivity contribution in [2.24, 2.45) is 0 Å². The van der Waals surface area contributed by atoms with Crippen molar-refractivity contribution in [2.75, 3.05) is 5.32 Å². The van der Waals surface area contributed by atoms with E-state index in [0.717, 1.165) is 12.1 Å². The summed E-state index contributed by atoms with van der Waals surface area (Å²) in [7, 11) is 0. The molecule has 0 aliphatic heterocycles. The molecule has 0 saturated carbocycles. The molecule has 0 fully saturated rings. The van der Waals surface area contributed by atoms with E-state index in [1.165, 1.54) is 12.3 Å². The molecule has 0 atom stereocenters. The van der Waals surface area contributed by atoms with Crippen molar-refractivity contribution >= 4 is 17.7 Å². The van der Waals surface area contributed by atoms with Crippen LogP contribution >= 0.6 is 0 Å². The van der Waals surface area contributed by atoms with Crippen molar-refractivity contribution in [1.29, 1.82) is 0 Å². The van der Waals surface area contributed by atoms with Gasteiger partial charge in [-0.05, 0) is 12.1 Å². The minimum Gasteiger partial charge on any atom is -0.478 e. The topological polar surface area (TPSA) is 145 Å². The Morgan fingerprint density at radius 1 is 1.20 bits per heavy atom. The molecule has 0 spiro atoms. The van der Waals surface area contributed by atoms with Crippen LogP contribution < -0.4 is 16.6 Å². The largest absolute Gasteiger partial charge is 0.478 e. The van der Waals surface area contributed by atoms with Gasteiger partial charge in [0.05, 0.1) is 5.56 Å². The van der Waals surface area contributed by atoms with Gasteiger partial charge < -0.3 is 15.4 Å². The lowest BCUT2D eigenvalue weighted by molar-refractivity contribution is 0.0696. The summed E-state index contributed by atoms with van der Waals surface area (Å²) in [5.41, 5.74) is -1.88. The number of rotatable bonds is 3. The van der Waals surface area contributed by atoms with Gasteiger partial charge in [0.15, 0.2) is 0 Å². The summed E-state index contributed by atoms with van der Waals surface area (Å²) >= 11 is 0. The van der Waals surface area contributed by atoms with Gasteiger partial charge in [0.25, 0.3) is 11.5 Å². The van der Waals surface area contributed by atoms with E-state index in [0.29, 0.717) is 0 Å². The van der Waals surface area contributed by atoms with Crippen LogP contribution in [0.3, 0.4) is 0 Å². The molecule has 0 aliphatic carbocycles. The lowest BCUT2D eigenvalue weighted by atomic mass is 10.2. The number of hydrogen-bond acceptors (Lipinski definition) is 5. The van der Waals surface area contributed by atoms with Crippen LogP contribution in [0.5, 0.6) is 0 Å². The van der Waals surface area contributed by atoms with Gasteiger partial charge in [-0.1, -0.05) is 0 Å². The van der Waals surface area contributed by atoms with Crippen LogP contribution in [0.2, 0.25) is 0 Å². The lowest BCUT2D eigenvalue weighted by Gasteiger charge is -2.04. The maximum absolute atomic E-state index is 11.8. The zero-order chi connectivity index (χ0) is 14.7. The molecule has 0 saturated heterocycles. The molecule has 0 bridgehead atoms. The van der Waals surface area contributed by atoms with Crippen molar-refractivity contribution < 1.29 is 14.7 Å². The predicted molar refractivity (Wildman–Crippen MR) is 66.8 cm³/mol. The molecule has 4 N–H and O–H groups in total. The molecule has 9 heteroatoms. The van der Waals surface area contributed by atoms with E-state index in [9.17, 15) is 19.2 Å². The van der Waals surface area contributed by atoms with Gasteiger partial charge in [-0.2, -0.15) is 0 Å². The summed E-state index contributed by atoms with van der Waals surface area (Å²) < 4.78 is 0. The summed E-state index contributed by atoms with van der Waals surface area (Å²) in [4.78, 5) is 52.4. The predicted octanol–water partition coefficient (Wildman–Crippen LogP) is -0.591. The van der Waals surface area contributed by atoms with E-state index in [1.54, 1.807) is 0 Å². The maximum atomic E-state index is 11.8. The molecule has 2 rings (SSSR count). The number of aromatic carboxylic acids is 1. The number of aromatic amines is 2. The Morgan fingerprint density at radius 2 is 1.95 bits per heavy atom. The summed E-state index contributed by atoms with van der Waals surface area (Å²) in [5.74, 6) is -1.98. The molecular formula is C11H8N4O5. The van der Waals surface area contributed by atoms with Crippen LogP contribution in [0.15, 0.2) is 34.0 Å². The number of aromatic nitrogens is 3. The van der Waals surface area contributed by atoms with Gasteiger partial charge in [-0.3, -0.25) is 14.6 Å².